The highest BCUT2D eigenvalue weighted by Crippen LogP contribution is 2.26. The van der Waals surface area contributed by atoms with Crippen molar-refractivity contribution in [3.63, 3.8) is 0 Å². The predicted octanol–water partition coefficient (Wildman–Crippen LogP) is 4.78. The van der Waals surface area contributed by atoms with Crippen LogP contribution in [-0.4, -0.2) is 35.7 Å². The summed E-state index contributed by atoms with van der Waals surface area (Å²) in [5.74, 6) is -0.215. The molecule has 1 rings (SSSR count). The second-order valence-electron chi connectivity index (χ2n) is 5.21. The summed E-state index contributed by atoms with van der Waals surface area (Å²) in [4.78, 5) is 23.0. The van der Waals surface area contributed by atoms with Crippen LogP contribution < -0.4 is 0 Å². The summed E-state index contributed by atoms with van der Waals surface area (Å²) in [6.07, 6.45) is 0.441. The molecule has 1 aromatic rings. The van der Waals surface area contributed by atoms with E-state index < -0.39 is 9.95 Å². The summed E-state index contributed by atoms with van der Waals surface area (Å²) in [5.41, 5.74) is 0.518. The lowest BCUT2D eigenvalue weighted by Gasteiger charge is -2.13. The van der Waals surface area contributed by atoms with Crippen LogP contribution >= 0.6 is 34.8 Å². The molecule has 1 atom stereocenters. The number of alkyl halides is 3. The van der Waals surface area contributed by atoms with E-state index in [4.69, 9.17) is 44.3 Å². The number of esters is 1. The second kappa shape index (κ2) is 10.6. The molecule has 0 heterocycles. The Labute approximate surface area is 156 Å². The quantitative estimate of drug-likeness (QED) is 0.359. The zero-order valence-electron chi connectivity index (χ0n) is 13.2. The van der Waals surface area contributed by atoms with Crippen LogP contribution in [0.3, 0.4) is 0 Å². The van der Waals surface area contributed by atoms with Crippen molar-refractivity contribution in [2.45, 2.75) is 23.6 Å². The van der Waals surface area contributed by atoms with Gasteiger partial charge in [0.2, 0.25) is 3.79 Å². The Hall–Kier alpha value is -1.17. The molecule has 5 nitrogen and oxygen atoms in total. The van der Waals surface area contributed by atoms with Crippen LogP contribution in [0.15, 0.2) is 30.3 Å². The van der Waals surface area contributed by atoms with E-state index in [0.29, 0.717) is 18.6 Å². The van der Waals surface area contributed by atoms with Gasteiger partial charge >= 0.3 is 12.1 Å². The van der Waals surface area contributed by atoms with Gasteiger partial charge in [0.1, 0.15) is 6.61 Å². The molecule has 0 saturated carbocycles. The summed E-state index contributed by atoms with van der Waals surface area (Å²) in [6.45, 7) is 2.04. The summed E-state index contributed by atoms with van der Waals surface area (Å²) < 4.78 is 13.0. The van der Waals surface area contributed by atoms with Gasteiger partial charge < -0.3 is 14.2 Å². The Bertz CT molecular complexity index is 516. The molecule has 24 heavy (non-hydrogen) atoms. The second-order valence-corrected chi connectivity index (χ2v) is 7.73. The number of halogens is 3. The smallest absolute Gasteiger partial charge is 0.462 e. The van der Waals surface area contributed by atoms with Crippen LogP contribution in [0.2, 0.25) is 0 Å². The zero-order chi connectivity index (χ0) is 18.0. The fourth-order valence-corrected chi connectivity index (χ4v) is 1.89. The van der Waals surface area contributed by atoms with E-state index in [-0.39, 0.29) is 25.1 Å². The lowest BCUT2D eigenvalue weighted by molar-refractivity contribution is 0.0424. The van der Waals surface area contributed by atoms with Gasteiger partial charge in [0, 0.05) is 0 Å². The highest BCUT2D eigenvalue weighted by molar-refractivity contribution is 6.67. The molecule has 1 aromatic carbocycles. The number of hydrogen-bond donors (Lipinski definition) is 0. The first-order chi connectivity index (χ1) is 11.3. The van der Waals surface area contributed by atoms with Gasteiger partial charge in [-0.2, -0.15) is 0 Å². The van der Waals surface area contributed by atoms with Gasteiger partial charge in [-0.3, -0.25) is 0 Å². The van der Waals surface area contributed by atoms with Crippen molar-refractivity contribution in [1.29, 1.82) is 0 Å². The minimum absolute atomic E-state index is 0.137. The molecule has 0 aliphatic rings. The number of rotatable bonds is 8. The van der Waals surface area contributed by atoms with Gasteiger partial charge in [-0.15, -0.1) is 0 Å². The SMILES string of the molecule is CC(CCCOC(=O)OCC(Cl)(Cl)Cl)COC(=O)c1ccccc1. The molecule has 0 bridgehead atoms. The number of carbonyl (C=O) groups excluding carboxylic acids is 2. The molecule has 0 saturated heterocycles. The third kappa shape index (κ3) is 9.85. The molecular formula is C16H19Cl3O5. The molecule has 0 radical (unpaired) electrons. The lowest BCUT2D eigenvalue weighted by Crippen LogP contribution is -2.18. The maximum Gasteiger partial charge on any atom is 0.508 e. The minimum Gasteiger partial charge on any atom is -0.462 e. The minimum atomic E-state index is -1.66. The molecule has 134 valence electrons. The van der Waals surface area contributed by atoms with E-state index in [1.54, 1.807) is 24.3 Å². The molecule has 1 unspecified atom stereocenters. The van der Waals surface area contributed by atoms with E-state index in [1.165, 1.54) is 0 Å². The van der Waals surface area contributed by atoms with Crippen LogP contribution in [0.1, 0.15) is 30.1 Å². The van der Waals surface area contributed by atoms with Gasteiger partial charge in [0.25, 0.3) is 0 Å². The largest absolute Gasteiger partial charge is 0.508 e. The number of benzene rings is 1. The Morgan fingerprint density at radius 3 is 2.38 bits per heavy atom. The van der Waals surface area contributed by atoms with Crippen LogP contribution in [0, 0.1) is 5.92 Å². The molecule has 8 heteroatoms. The van der Waals surface area contributed by atoms with E-state index >= 15 is 0 Å². The first kappa shape index (κ1) is 20.9. The van der Waals surface area contributed by atoms with Gasteiger partial charge in [-0.25, -0.2) is 9.59 Å². The highest BCUT2D eigenvalue weighted by atomic mass is 35.6. The van der Waals surface area contributed by atoms with Crippen LogP contribution in [0.4, 0.5) is 4.79 Å². The number of carbonyl (C=O) groups is 2. The Morgan fingerprint density at radius 2 is 1.75 bits per heavy atom. The number of hydrogen-bond acceptors (Lipinski definition) is 5. The lowest BCUT2D eigenvalue weighted by atomic mass is 10.1. The molecule has 0 N–H and O–H groups in total. The first-order valence-corrected chi connectivity index (χ1v) is 8.50. The zero-order valence-corrected chi connectivity index (χ0v) is 15.4. The fourth-order valence-electron chi connectivity index (χ4n) is 1.73. The summed E-state index contributed by atoms with van der Waals surface area (Å²) in [5, 5.41) is 0. The standard InChI is InChI=1S/C16H19Cl3O5/c1-12(10-23-14(20)13-7-3-2-4-8-13)6-5-9-22-15(21)24-11-16(17,18)19/h2-4,7-8,12H,5-6,9-11H2,1H3. The maximum atomic E-state index is 11.8. The van der Waals surface area contributed by atoms with Crippen molar-refractivity contribution >= 4 is 46.9 Å². The third-order valence-corrected chi connectivity index (χ3v) is 3.25. The van der Waals surface area contributed by atoms with Crippen molar-refractivity contribution in [3.05, 3.63) is 35.9 Å². The summed E-state index contributed by atoms with van der Waals surface area (Å²) in [6, 6.07) is 8.78. The first-order valence-electron chi connectivity index (χ1n) is 7.36. The van der Waals surface area contributed by atoms with E-state index in [2.05, 4.69) is 4.74 Å². The number of ether oxygens (including phenoxy) is 3. The van der Waals surface area contributed by atoms with Gasteiger partial charge in [0.05, 0.1) is 18.8 Å². The van der Waals surface area contributed by atoms with E-state index in [0.717, 1.165) is 6.42 Å². The monoisotopic (exact) mass is 396 g/mol. The molecule has 0 spiro atoms. The summed E-state index contributed by atoms with van der Waals surface area (Å²) >= 11 is 16.3. The van der Waals surface area contributed by atoms with Crippen molar-refractivity contribution in [1.82, 2.24) is 0 Å². The van der Waals surface area contributed by atoms with Crippen molar-refractivity contribution in [2.75, 3.05) is 19.8 Å². The summed E-state index contributed by atoms with van der Waals surface area (Å²) in [7, 11) is 0. The van der Waals surface area contributed by atoms with E-state index in [1.807, 2.05) is 13.0 Å². The predicted molar refractivity (Wildman–Crippen MR) is 92.7 cm³/mol. The van der Waals surface area contributed by atoms with Crippen LogP contribution in [0.25, 0.3) is 0 Å². The van der Waals surface area contributed by atoms with Crippen LogP contribution in [-0.2, 0) is 14.2 Å². The van der Waals surface area contributed by atoms with Crippen molar-refractivity contribution < 1.29 is 23.8 Å². The third-order valence-electron chi connectivity index (χ3n) is 2.92. The molecule has 0 aliphatic heterocycles. The van der Waals surface area contributed by atoms with Crippen LogP contribution in [0.5, 0.6) is 0 Å². The fraction of sp³-hybridized carbons (Fsp3) is 0.500. The average Bonchev–Trinajstić information content (AvgIpc) is 2.55. The van der Waals surface area contributed by atoms with Gasteiger partial charge in [-0.1, -0.05) is 59.9 Å². The van der Waals surface area contributed by atoms with Crippen molar-refractivity contribution in [2.24, 2.45) is 5.92 Å². The topological polar surface area (TPSA) is 61.8 Å². The Balaban J connectivity index is 2.11. The molecule has 0 fully saturated rings. The van der Waals surface area contributed by atoms with E-state index in [9.17, 15) is 9.59 Å². The average molecular weight is 398 g/mol. The molecule has 0 aromatic heterocycles. The molecule has 0 amide bonds. The van der Waals surface area contributed by atoms with Gasteiger partial charge in [-0.05, 0) is 30.9 Å². The molecule has 0 aliphatic carbocycles. The van der Waals surface area contributed by atoms with Gasteiger partial charge in [0.15, 0.2) is 0 Å². The Kier molecular flexibility index (Phi) is 9.26. The Morgan fingerprint density at radius 1 is 1.08 bits per heavy atom. The highest BCUT2D eigenvalue weighted by Gasteiger charge is 2.22. The molecular weight excluding hydrogens is 379 g/mol. The maximum absolute atomic E-state index is 11.8. The van der Waals surface area contributed by atoms with Crippen molar-refractivity contribution in [3.8, 4) is 0 Å². The normalized spacial score (nSPS) is 12.3.